The molecular formula is C14H15N3O. The molecule has 0 aliphatic rings. The second-order valence-corrected chi connectivity index (χ2v) is 3.96. The minimum Gasteiger partial charge on any atom is -0.287 e. The van der Waals surface area contributed by atoms with Crippen LogP contribution in [-0.4, -0.2) is 15.7 Å². The van der Waals surface area contributed by atoms with Crippen LogP contribution in [0.1, 0.15) is 5.56 Å². The van der Waals surface area contributed by atoms with Gasteiger partial charge in [-0.15, -0.1) is 0 Å². The second-order valence-electron chi connectivity index (χ2n) is 3.96. The highest BCUT2D eigenvalue weighted by molar-refractivity contribution is 6.00. The summed E-state index contributed by atoms with van der Waals surface area (Å²) in [5.74, 6) is 0.476. The zero-order chi connectivity index (χ0) is 13.0. The highest BCUT2D eigenvalue weighted by Gasteiger charge is 2.15. The molecule has 0 fully saturated rings. The van der Waals surface area contributed by atoms with E-state index in [4.69, 9.17) is 0 Å². The van der Waals surface area contributed by atoms with Crippen LogP contribution in [0.25, 0.3) is 0 Å². The van der Waals surface area contributed by atoms with Gasteiger partial charge in [0.2, 0.25) is 0 Å². The molecule has 0 aliphatic heterocycles. The molecule has 0 spiro atoms. The summed E-state index contributed by atoms with van der Waals surface area (Å²) in [4.78, 5) is 13.5. The average Bonchev–Trinajstić information content (AvgIpc) is 2.83. The molecule has 0 N–H and O–H groups in total. The van der Waals surface area contributed by atoms with Gasteiger partial charge in [-0.1, -0.05) is 36.9 Å². The molecule has 0 unspecified atom stereocenters. The van der Waals surface area contributed by atoms with Crippen molar-refractivity contribution < 1.29 is 4.79 Å². The molecule has 0 saturated carbocycles. The van der Waals surface area contributed by atoms with Gasteiger partial charge < -0.3 is 0 Å². The van der Waals surface area contributed by atoms with E-state index in [2.05, 4.69) is 11.7 Å². The first kappa shape index (κ1) is 12.1. The van der Waals surface area contributed by atoms with Crippen LogP contribution in [0.5, 0.6) is 0 Å². The topological polar surface area (TPSA) is 38.1 Å². The molecule has 0 aliphatic carbocycles. The van der Waals surface area contributed by atoms with Crippen molar-refractivity contribution in [1.29, 1.82) is 0 Å². The Balaban J connectivity index is 2.26. The Morgan fingerprint density at radius 1 is 1.39 bits per heavy atom. The van der Waals surface area contributed by atoms with Gasteiger partial charge in [0.15, 0.2) is 5.82 Å². The summed E-state index contributed by atoms with van der Waals surface area (Å²) < 4.78 is 1.67. The van der Waals surface area contributed by atoms with Gasteiger partial charge in [0.25, 0.3) is 5.91 Å². The molecule has 1 heterocycles. The van der Waals surface area contributed by atoms with Crippen molar-refractivity contribution in [3.05, 3.63) is 60.8 Å². The van der Waals surface area contributed by atoms with Crippen molar-refractivity contribution in [2.45, 2.75) is 6.54 Å². The van der Waals surface area contributed by atoms with Crippen LogP contribution in [0, 0.1) is 0 Å². The quantitative estimate of drug-likeness (QED) is 0.769. The molecule has 4 heteroatoms. The SMILES string of the molecule is C=CC(=O)N(Cc1ccccc1)c1ccn(C)n1. The van der Waals surface area contributed by atoms with Crippen LogP contribution in [0.4, 0.5) is 5.82 Å². The Hall–Kier alpha value is -2.36. The van der Waals surface area contributed by atoms with E-state index in [9.17, 15) is 4.79 Å². The van der Waals surface area contributed by atoms with Crippen molar-refractivity contribution >= 4 is 11.7 Å². The number of aromatic nitrogens is 2. The highest BCUT2D eigenvalue weighted by atomic mass is 16.2. The Bertz CT molecular complexity index is 545. The Kier molecular flexibility index (Phi) is 3.57. The summed E-state index contributed by atoms with van der Waals surface area (Å²) in [5.41, 5.74) is 1.05. The minimum atomic E-state index is -0.155. The third kappa shape index (κ3) is 2.66. The molecule has 2 rings (SSSR count). The molecule has 4 nitrogen and oxygen atoms in total. The van der Waals surface area contributed by atoms with E-state index in [0.29, 0.717) is 12.4 Å². The summed E-state index contributed by atoms with van der Waals surface area (Å²) in [7, 11) is 1.82. The first-order chi connectivity index (χ1) is 8.70. The number of benzene rings is 1. The maximum atomic E-state index is 11.9. The molecule has 0 saturated heterocycles. The van der Waals surface area contributed by atoms with Gasteiger partial charge >= 0.3 is 0 Å². The Morgan fingerprint density at radius 3 is 2.67 bits per heavy atom. The Morgan fingerprint density at radius 2 is 2.11 bits per heavy atom. The lowest BCUT2D eigenvalue weighted by Crippen LogP contribution is -2.29. The number of hydrogen-bond acceptors (Lipinski definition) is 2. The average molecular weight is 241 g/mol. The molecule has 0 radical (unpaired) electrons. The van der Waals surface area contributed by atoms with Gasteiger partial charge in [0.05, 0.1) is 6.54 Å². The number of amides is 1. The largest absolute Gasteiger partial charge is 0.287 e. The zero-order valence-electron chi connectivity index (χ0n) is 10.3. The lowest BCUT2D eigenvalue weighted by molar-refractivity contribution is -0.114. The number of anilines is 1. The Labute approximate surface area is 106 Å². The van der Waals surface area contributed by atoms with Crippen molar-refractivity contribution in [1.82, 2.24) is 9.78 Å². The van der Waals surface area contributed by atoms with Gasteiger partial charge in [0.1, 0.15) is 0 Å². The predicted octanol–water partition coefficient (Wildman–Crippen LogP) is 2.14. The number of nitrogens with zero attached hydrogens (tertiary/aromatic N) is 3. The monoisotopic (exact) mass is 241 g/mol. The molecule has 0 atom stereocenters. The predicted molar refractivity (Wildman–Crippen MR) is 71.0 cm³/mol. The van der Waals surface area contributed by atoms with Gasteiger partial charge in [-0.05, 0) is 11.6 Å². The van der Waals surface area contributed by atoms with E-state index < -0.39 is 0 Å². The summed E-state index contributed by atoms with van der Waals surface area (Å²) in [5, 5.41) is 4.25. The maximum Gasteiger partial charge on any atom is 0.251 e. The number of rotatable bonds is 4. The van der Waals surface area contributed by atoms with Gasteiger partial charge in [0, 0.05) is 19.3 Å². The minimum absolute atomic E-state index is 0.155. The third-order valence-corrected chi connectivity index (χ3v) is 2.60. The smallest absolute Gasteiger partial charge is 0.251 e. The van der Waals surface area contributed by atoms with E-state index in [1.165, 1.54) is 6.08 Å². The number of aryl methyl sites for hydroxylation is 1. The summed E-state index contributed by atoms with van der Waals surface area (Å²) in [6, 6.07) is 11.6. The van der Waals surface area contributed by atoms with Gasteiger partial charge in [-0.2, -0.15) is 5.10 Å². The number of carbonyl (C=O) groups excluding carboxylic acids is 1. The van der Waals surface area contributed by atoms with E-state index in [0.717, 1.165) is 5.56 Å². The van der Waals surface area contributed by atoms with Crippen molar-refractivity contribution in [2.24, 2.45) is 7.05 Å². The van der Waals surface area contributed by atoms with Crippen LogP contribution < -0.4 is 4.90 Å². The molecule has 0 bridgehead atoms. The fourth-order valence-electron chi connectivity index (χ4n) is 1.69. The van der Waals surface area contributed by atoms with Crippen molar-refractivity contribution in [2.75, 3.05) is 4.90 Å². The molecule has 1 aromatic heterocycles. The fourth-order valence-corrected chi connectivity index (χ4v) is 1.69. The van der Waals surface area contributed by atoms with Crippen LogP contribution in [0.15, 0.2) is 55.3 Å². The molecule has 1 aromatic carbocycles. The van der Waals surface area contributed by atoms with Crippen molar-refractivity contribution in [3.8, 4) is 0 Å². The van der Waals surface area contributed by atoms with Gasteiger partial charge in [-0.25, -0.2) is 0 Å². The number of hydrogen-bond donors (Lipinski definition) is 0. The van der Waals surface area contributed by atoms with Crippen LogP contribution in [0.3, 0.4) is 0 Å². The highest BCUT2D eigenvalue weighted by Crippen LogP contribution is 2.15. The molecule has 2 aromatic rings. The summed E-state index contributed by atoms with van der Waals surface area (Å²) >= 11 is 0. The molecule has 92 valence electrons. The van der Waals surface area contributed by atoms with E-state index in [1.807, 2.05) is 49.6 Å². The van der Waals surface area contributed by atoms with Crippen LogP contribution in [-0.2, 0) is 18.4 Å². The summed E-state index contributed by atoms with van der Waals surface area (Å²) in [6.07, 6.45) is 3.11. The number of carbonyl (C=O) groups is 1. The van der Waals surface area contributed by atoms with E-state index in [-0.39, 0.29) is 5.91 Å². The molecule has 18 heavy (non-hydrogen) atoms. The zero-order valence-corrected chi connectivity index (χ0v) is 10.3. The normalized spacial score (nSPS) is 10.1. The fraction of sp³-hybridized carbons (Fsp3) is 0.143. The molecular weight excluding hydrogens is 226 g/mol. The van der Waals surface area contributed by atoms with Crippen molar-refractivity contribution in [3.63, 3.8) is 0 Å². The third-order valence-electron chi connectivity index (χ3n) is 2.60. The second kappa shape index (κ2) is 5.31. The van der Waals surface area contributed by atoms with Crippen LogP contribution in [0.2, 0.25) is 0 Å². The summed E-state index contributed by atoms with van der Waals surface area (Å²) in [6.45, 7) is 4.02. The van der Waals surface area contributed by atoms with Gasteiger partial charge in [-0.3, -0.25) is 14.4 Å². The van der Waals surface area contributed by atoms with E-state index >= 15 is 0 Å². The van der Waals surface area contributed by atoms with E-state index in [1.54, 1.807) is 9.58 Å². The maximum absolute atomic E-state index is 11.9. The lowest BCUT2D eigenvalue weighted by atomic mass is 10.2. The lowest BCUT2D eigenvalue weighted by Gasteiger charge is -2.18. The standard InChI is InChI=1S/C14H15N3O/c1-3-14(18)17(13-9-10-16(2)15-13)11-12-7-5-4-6-8-12/h3-10H,1,11H2,2H3. The van der Waals surface area contributed by atoms with Crippen LogP contribution >= 0.6 is 0 Å². The first-order valence-corrected chi connectivity index (χ1v) is 5.68. The first-order valence-electron chi connectivity index (χ1n) is 5.68. The molecule has 1 amide bonds.